The van der Waals surface area contributed by atoms with Gasteiger partial charge in [-0.05, 0) is 30.0 Å². The molecule has 0 aliphatic heterocycles. The maximum atomic E-state index is 12.5. The van der Waals surface area contributed by atoms with E-state index < -0.39 is 0 Å². The quantitative estimate of drug-likeness (QED) is 0.598. The molecule has 0 radical (unpaired) electrons. The van der Waals surface area contributed by atoms with Crippen LogP contribution in [0, 0.1) is 0 Å². The molecule has 140 valence electrons. The molecule has 2 heterocycles. The van der Waals surface area contributed by atoms with Crippen molar-refractivity contribution in [1.82, 2.24) is 19.9 Å². The van der Waals surface area contributed by atoms with Gasteiger partial charge in [-0.25, -0.2) is 4.98 Å². The lowest BCUT2D eigenvalue weighted by molar-refractivity contribution is 0.571. The Morgan fingerprint density at radius 1 is 1.00 bits per heavy atom. The molecule has 0 amide bonds. The third kappa shape index (κ3) is 4.14. The van der Waals surface area contributed by atoms with Gasteiger partial charge in [0.1, 0.15) is 10.7 Å². The van der Waals surface area contributed by atoms with Gasteiger partial charge in [0.15, 0.2) is 0 Å². The highest BCUT2D eigenvalue weighted by Gasteiger charge is 2.19. The van der Waals surface area contributed by atoms with Crippen LogP contribution in [0.25, 0.3) is 12.2 Å². The minimum absolute atomic E-state index is 0.162. The molecule has 0 saturated carbocycles. The summed E-state index contributed by atoms with van der Waals surface area (Å²) >= 11 is 1.58. The summed E-state index contributed by atoms with van der Waals surface area (Å²) in [7, 11) is 0. The minimum atomic E-state index is -0.370. The Hall–Kier alpha value is -2.80. The predicted molar refractivity (Wildman–Crippen MR) is 110 cm³/mol. The third-order valence-corrected chi connectivity index (χ3v) is 4.94. The summed E-state index contributed by atoms with van der Waals surface area (Å²) in [6.45, 7) is 6.14. The van der Waals surface area contributed by atoms with E-state index in [9.17, 15) is 9.59 Å². The number of H-pyrrole nitrogens is 3. The molecule has 0 unspecified atom stereocenters. The lowest BCUT2D eigenvalue weighted by Gasteiger charge is -2.16. The Kier molecular flexibility index (Phi) is 5.23. The SMILES string of the molecule is CSc1ccccc1/C=c1\[nH]c(=O)/c(=C/c2nc[nH]c2C(C)(C)C)[nH]c1=O. The molecule has 3 aromatic rings. The molecule has 0 saturated heterocycles. The lowest BCUT2D eigenvalue weighted by atomic mass is 9.90. The van der Waals surface area contributed by atoms with Crippen molar-refractivity contribution in [2.45, 2.75) is 31.1 Å². The van der Waals surface area contributed by atoms with Gasteiger partial charge >= 0.3 is 0 Å². The van der Waals surface area contributed by atoms with Crippen LogP contribution in [-0.4, -0.2) is 26.2 Å². The molecule has 0 fully saturated rings. The summed E-state index contributed by atoms with van der Waals surface area (Å²) in [6, 6.07) is 7.70. The minimum Gasteiger partial charge on any atom is -0.348 e. The number of thioether (sulfide) groups is 1. The van der Waals surface area contributed by atoms with Crippen LogP contribution in [0.15, 0.2) is 45.1 Å². The van der Waals surface area contributed by atoms with E-state index in [0.29, 0.717) is 5.69 Å². The van der Waals surface area contributed by atoms with E-state index in [1.165, 1.54) is 0 Å². The van der Waals surface area contributed by atoms with E-state index >= 15 is 0 Å². The lowest BCUT2D eigenvalue weighted by Crippen LogP contribution is -2.46. The molecule has 0 aliphatic carbocycles. The summed E-state index contributed by atoms with van der Waals surface area (Å²) in [6.07, 6.45) is 6.83. The smallest absolute Gasteiger partial charge is 0.272 e. The van der Waals surface area contributed by atoms with E-state index in [-0.39, 0.29) is 27.2 Å². The van der Waals surface area contributed by atoms with Gasteiger partial charge in [-0.15, -0.1) is 11.8 Å². The van der Waals surface area contributed by atoms with Gasteiger partial charge in [0, 0.05) is 16.0 Å². The van der Waals surface area contributed by atoms with Crippen LogP contribution in [0.3, 0.4) is 0 Å². The van der Waals surface area contributed by atoms with Crippen molar-refractivity contribution in [3.63, 3.8) is 0 Å². The molecule has 0 bridgehead atoms. The molecule has 27 heavy (non-hydrogen) atoms. The number of nitrogens with one attached hydrogen (secondary N) is 3. The molecular formula is C20H22N4O2S. The fraction of sp³-hybridized carbons (Fsp3) is 0.250. The standard InChI is InChI=1S/C20H22N4O2S/c1-20(2,3)17-13(21-11-22-17)10-15-19(26)23-14(18(25)24-15)9-12-7-5-6-8-16(12)27-4/h5-11H,1-4H3,(H,21,22)(H,23,26)(H,24,25)/b14-9-,15-10-. The topological polar surface area (TPSA) is 94.4 Å². The second-order valence-electron chi connectivity index (χ2n) is 7.18. The summed E-state index contributed by atoms with van der Waals surface area (Å²) < 4.78 is 0. The van der Waals surface area contributed by atoms with E-state index in [1.54, 1.807) is 30.2 Å². The molecule has 1 aromatic carbocycles. The van der Waals surface area contributed by atoms with Crippen LogP contribution in [-0.2, 0) is 5.41 Å². The van der Waals surface area contributed by atoms with E-state index in [0.717, 1.165) is 16.2 Å². The van der Waals surface area contributed by atoms with Crippen molar-refractivity contribution in [2.75, 3.05) is 6.26 Å². The second kappa shape index (κ2) is 7.44. The van der Waals surface area contributed by atoms with E-state index in [1.807, 2.05) is 51.3 Å². The molecule has 2 aromatic heterocycles. The fourth-order valence-corrected chi connectivity index (χ4v) is 3.37. The molecular weight excluding hydrogens is 360 g/mol. The third-order valence-electron chi connectivity index (χ3n) is 4.12. The number of aromatic nitrogens is 4. The maximum Gasteiger partial charge on any atom is 0.272 e. The fourth-order valence-electron chi connectivity index (χ4n) is 2.79. The first kappa shape index (κ1) is 19.0. The zero-order chi connectivity index (χ0) is 19.6. The summed E-state index contributed by atoms with van der Waals surface area (Å²) in [5.41, 5.74) is 1.52. The van der Waals surface area contributed by atoms with Gasteiger partial charge < -0.3 is 15.0 Å². The van der Waals surface area contributed by atoms with Crippen molar-refractivity contribution in [1.29, 1.82) is 0 Å². The first-order chi connectivity index (χ1) is 12.8. The largest absolute Gasteiger partial charge is 0.348 e. The van der Waals surface area contributed by atoms with Gasteiger partial charge in [-0.2, -0.15) is 0 Å². The Labute approximate surface area is 160 Å². The van der Waals surface area contributed by atoms with Crippen LogP contribution in [0.5, 0.6) is 0 Å². The Bertz CT molecular complexity index is 1200. The van der Waals surface area contributed by atoms with Crippen molar-refractivity contribution in [3.05, 3.63) is 78.9 Å². The van der Waals surface area contributed by atoms with Crippen LogP contribution >= 0.6 is 11.8 Å². The number of nitrogens with zero attached hydrogens (tertiary/aromatic N) is 1. The Balaban J connectivity index is 2.15. The summed E-state index contributed by atoms with van der Waals surface area (Å²) in [4.78, 5) is 38.7. The zero-order valence-electron chi connectivity index (χ0n) is 15.7. The average molecular weight is 382 g/mol. The van der Waals surface area contributed by atoms with Gasteiger partial charge in [0.25, 0.3) is 11.1 Å². The predicted octanol–water partition coefficient (Wildman–Crippen LogP) is 1.46. The number of aromatic amines is 3. The van der Waals surface area contributed by atoms with Gasteiger partial charge in [-0.1, -0.05) is 39.0 Å². The number of imidazole rings is 1. The second-order valence-corrected chi connectivity index (χ2v) is 8.03. The monoisotopic (exact) mass is 382 g/mol. The van der Waals surface area contributed by atoms with E-state index in [2.05, 4.69) is 19.9 Å². The Morgan fingerprint density at radius 3 is 2.26 bits per heavy atom. The highest BCUT2D eigenvalue weighted by Crippen LogP contribution is 2.22. The first-order valence-electron chi connectivity index (χ1n) is 8.52. The number of hydrogen-bond donors (Lipinski definition) is 3. The highest BCUT2D eigenvalue weighted by atomic mass is 32.2. The zero-order valence-corrected chi connectivity index (χ0v) is 16.5. The molecule has 3 rings (SSSR count). The van der Waals surface area contributed by atoms with Crippen molar-refractivity contribution in [2.24, 2.45) is 0 Å². The normalized spacial score (nSPS) is 13.3. The molecule has 0 aliphatic rings. The number of benzene rings is 1. The van der Waals surface area contributed by atoms with Crippen molar-refractivity contribution < 1.29 is 0 Å². The molecule has 3 N–H and O–H groups in total. The van der Waals surface area contributed by atoms with Crippen LogP contribution in [0.2, 0.25) is 0 Å². The molecule has 7 heteroatoms. The number of hydrogen-bond acceptors (Lipinski definition) is 4. The van der Waals surface area contributed by atoms with Gasteiger partial charge in [0.2, 0.25) is 0 Å². The van der Waals surface area contributed by atoms with Crippen LogP contribution in [0.4, 0.5) is 0 Å². The van der Waals surface area contributed by atoms with Gasteiger partial charge in [0.05, 0.1) is 12.0 Å². The maximum absolute atomic E-state index is 12.5. The Morgan fingerprint density at radius 2 is 1.63 bits per heavy atom. The first-order valence-corrected chi connectivity index (χ1v) is 9.75. The summed E-state index contributed by atoms with van der Waals surface area (Å²) in [5.74, 6) is 0. The van der Waals surface area contributed by atoms with E-state index in [4.69, 9.17) is 0 Å². The van der Waals surface area contributed by atoms with Crippen molar-refractivity contribution >= 4 is 23.9 Å². The van der Waals surface area contributed by atoms with Crippen LogP contribution < -0.4 is 21.8 Å². The van der Waals surface area contributed by atoms with Gasteiger partial charge in [-0.3, -0.25) is 9.59 Å². The molecule has 0 spiro atoms. The molecule has 6 nitrogen and oxygen atoms in total. The summed E-state index contributed by atoms with van der Waals surface area (Å²) in [5, 5.41) is 0.393. The van der Waals surface area contributed by atoms with Crippen LogP contribution in [0.1, 0.15) is 37.7 Å². The number of rotatable bonds is 3. The highest BCUT2D eigenvalue weighted by molar-refractivity contribution is 7.98. The molecule has 0 atom stereocenters. The average Bonchev–Trinajstić information content (AvgIpc) is 3.08. The van der Waals surface area contributed by atoms with Crippen molar-refractivity contribution in [3.8, 4) is 0 Å².